The Bertz CT molecular complexity index is 907. The molecule has 9 nitrogen and oxygen atoms in total. The van der Waals surface area contributed by atoms with E-state index in [9.17, 15) is 14.4 Å². The maximum Gasteiger partial charge on any atom is 0.255 e. The lowest BCUT2D eigenvalue weighted by Gasteiger charge is -2.27. The fourth-order valence-corrected chi connectivity index (χ4v) is 3.19. The van der Waals surface area contributed by atoms with E-state index < -0.39 is 0 Å². The van der Waals surface area contributed by atoms with E-state index in [0.717, 1.165) is 18.9 Å². The zero-order chi connectivity index (χ0) is 20.2. The van der Waals surface area contributed by atoms with Crippen molar-refractivity contribution in [3.8, 4) is 0 Å². The summed E-state index contributed by atoms with van der Waals surface area (Å²) < 4.78 is 5.34. The summed E-state index contributed by atoms with van der Waals surface area (Å²) in [6, 6.07) is 10.1. The molecule has 2 aliphatic heterocycles. The van der Waals surface area contributed by atoms with Gasteiger partial charge in [0.25, 0.3) is 5.91 Å². The van der Waals surface area contributed by atoms with Crippen molar-refractivity contribution in [1.82, 2.24) is 10.4 Å². The second-order valence-electron chi connectivity index (χ2n) is 6.77. The third-order valence-corrected chi connectivity index (χ3v) is 4.78. The summed E-state index contributed by atoms with van der Waals surface area (Å²) >= 11 is 0. The molecule has 0 atom stereocenters. The van der Waals surface area contributed by atoms with Crippen LogP contribution in [0.3, 0.4) is 0 Å². The number of pyridine rings is 1. The van der Waals surface area contributed by atoms with E-state index >= 15 is 0 Å². The van der Waals surface area contributed by atoms with E-state index in [0.29, 0.717) is 30.2 Å². The third-order valence-electron chi connectivity index (χ3n) is 4.78. The summed E-state index contributed by atoms with van der Waals surface area (Å²) in [6.45, 7) is 2.96. The van der Waals surface area contributed by atoms with Crippen molar-refractivity contribution in [3.63, 3.8) is 0 Å². The zero-order valence-electron chi connectivity index (χ0n) is 15.8. The molecule has 29 heavy (non-hydrogen) atoms. The molecule has 0 aliphatic carbocycles. The number of aromatic nitrogens is 1. The Kier molecular flexibility index (Phi) is 5.39. The van der Waals surface area contributed by atoms with Gasteiger partial charge in [0.05, 0.1) is 30.8 Å². The second kappa shape index (κ2) is 8.27. The van der Waals surface area contributed by atoms with Crippen molar-refractivity contribution < 1.29 is 19.1 Å². The van der Waals surface area contributed by atoms with Crippen molar-refractivity contribution in [2.24, 2.45) is 0 Å². The van der Waals surface area contributed by atoms with E-state index in [-0.39, 0.29) is 30.6 Å². The number of hydrogen-bond donors (Lipinski definition) is 2. The number of carbonyl (C=O) groups is 3. The van der Waals surface area contributed by atoms with Gasteiger partial charge in [-0.05, 0) is 36.4 Å². The van der Waals surface area contributed by atoms with Crippen LogP contribution in [0.4, 0.5) is 17.2 Å². The standard InChI is InChI=1S/C20H21N5O4/c26-18-7-8-19(27)25(23-18)16-4-1-14(2-5-16)20(28)22-15-3-6-17(21-13-15)24-9-11-29-12-10-24/h1-6,13H,7-12H2,(H,22,28)(H,23,26). The number of carbonyl (C=O) groups excluding carboxylic acids is 3. The Balaban J connectivity index is 1.39. The first-order valence-electron chi connectivity index (χ1n) is 9.43. The van der Waals surface area contributed by atoms with Crippen LogP contribution in [0.15, 0.2) is 42.6 Å². The first-order valence-corrected chi connectivity index (χ1v) is 9.43. The number of amides is 3. The number of anilines is 3. The minimum Gasteiger partial charge on any atom is -0.378 e. The minimum atomic E-state index is -0.286. The fourth-order valence-electron chi connectivity index (χ4n) is 3.19. The molecule has 0 unspecified atom stereocenters. The molecule has 0 spiro atoms. The van der Waals surface area contributed by atoms with Crippen LogP contribution in [0.2, 0.25) is 0 Å². The summed E-state index contributed by atoms with van der Waals surface area (Å²) in [4.78, 5) is 42.5. The summed E-state index contributed by atoms with van der Waals surface area (Å²) in [6.07, 6.45) is 1.98. The van der Waals surface area contributed by atoms with E-state index in [2.05, 4.69) is 20.6 Å². The summed E-state index contributed by atoms with van der Waals surface area (Å²) in [5.41, 5.74) is 4.06. The van der Waals surface area contributed by atoms with Crippen molar-refractivity contribution in [2.75, 3.05) is 41.5 Å². The van der Waals surface area contributed by atoms with Crippen LogP contribution < -0.4 is 20.7 Å². The van der Waals surface area contributed by atoms with Gasteiger partial charge in [-0.2, -0.15) is 0 Å². The quantitative estimate of drug-likeness (QED) is 0.810. The molecule has 9 heteroatoms. The second-order valence-corrected chi connectivity index (χ2v) is 6.77. The number of rotatable bonds is 4. The molecule has 150 valence electrons. The maximum absolute atomic E-state index is 12.5. The number of morpholine rings is 1. The van der Waals surface area contributed by atoms with Gasteiger partial charge >= 0.3 is 0 Å². The average Bonchev–Trinajstić information content (AvgIpc) is 2.77. The van der Waals surface area contributed by atoms with Gasteiger partial charge in [-0.3, -0.25) is 19.8 Å². The number of ether oxygens (including phenoxy) is 1. The molecule has 2 aliphatic rings. The van der Waals surface area contributed by atoms with Gasteiger partial charge in [-0.15, -0.1) is 0 Å². The third kappa shape index (κ3) is 4.35. The lowest BCUT2D eigenvalue weighted by atomic mass is 10.1. The fraction of sp³-hybridized carbons (Fsp3) is 0.300. The summed E-state index contributed by atoms with van der Waals surface area (Å²) in [5.74, 6) is 0.169. The lowest BCUT2D eigenvalue weighted by molar-refractivity contribution is -0.130. The molecular weight excluding hydrogens is 374 g/mol. The average molecular weight is 395 g/mol. The molecule has 2 fully saturated rings. The monoisotopic (exact) mass is 395 g/mol. The molecule has 1 aromatic heterocycles. The van der Waals surface area contributed by atoms with Crippen LogP contribution in [0, 0.1) is 0 Å². The first-order chi connectivity index (χ1) is 14.1. The number of nitrogens with one attached hydrogen (secondary N) is 2. The van der Waals surface area contributed by atoms with Gasteiger partial charge in [0.1, 0.15) is 5.82 Å². The van der Waals surface area contributed by atoms with Gasteiger partial charge < -0.3 is 15.0 Å². The van der Waals surface area contributed by atoms with Gasteiger partial charge in [0.2, 0.25) is 11.8 Å². The molecule has 2 aromatic rings. The van der Waals surface area contributed by atoms with E-state index in [1.54, 1.807) is 30.5 Å². The summed E-state index contributed by atoms with van der Waals surface area (Å²) in [7, 11) is 0. The van der Waals surface area contributed by atoms with Crippen LogP contribution in [0.1, 0.15) is 23.2 Å². The molecule has 0 bridgehead atoms. The van der Waals surface area contributed by atoms with Gasteiger partial charge in [0.15, 0.2) is 0 Å². The van der Waals surface area contributed by atoms with Crippen molar-refractivity contribution >= 4 is 34.9 Å². The molecule has 2 N–H and O–H groups in total. The van der Waals surface area contributed by atoms with Crippen molar-refractivity contribution in [3.05, 3.63) is 48.2 Å². The molecule has 3 heterocycles. The molecule has 0 radical (unpaired) electrons. The number of hydrazine groups is 1. The molecular formula is C20H21N5O4. The van der Waals surface area contributed by atoms with E-state index in [4.69, 9.17) is 4.74 Å². The van der Waals surface area contributed by atoms with Gasteiger partial charge in [-0.1, -0.05) is 0 Å². The number of nitrogens with zero attached hydrogens (tertiary/aromatic N) is 3. The van der Waals surface area contributed by atoms with Gasteiger partial charge in [0, 0.05) is 31.5 Å². The molecule has 4 rings (SSSR count). The SMILES string of the molecule is O=C1CCC(=O)N(c2ccc(C(=O)Nc3ccc(N4CCOCC4)nc3)cc2)N1. The highest BCUT2D eigenvalue weighted by molar-refractivity contribution is 6.05. The zero-order valence-corrected chi connectivity index (χ0v) is 15.8. The maximum atomic E-state index is 12.5. The van der Waals surface area contributed by atoms with Gasteiger partial charge in [-0.25, -0.2) is 9.99 Å². The molecule has 2 saturated heterocycles. The largest absolute Gasteiger partial charge is 0.378 e. The van der Waals surface area contributed by atoms with E-state index in [1.165, 1.54) is 5.01 Å². The van der Waals surface area contributed by atoms with Crippen LogP contribution >= 0.6 is 0 Å². The predicted octanol–water partition coefficient (Wildman–Crippen LogP) is 1.33. The summed E-state index contributed by atoms with van der Waals surface area (Å²) in [5, 5.41) is 4.02. The molecule has 1 aromatic carbocycles. The highest BCUT2D eigenvalue weighted by Gasteiger charge is 2.24. The highest BCUT2D eigenvalue weighted by atomic mass is 16.5. The van der Waals surface area contributed by atoms with Crippen LogP contribution in [-0.4, -0.2) is 49.0 Å². The van der Waals surface area contributed by atoms with Crippen LogP contribution in [0.5, 0.6) is 0 Å². The first kappa shape index (κ1) is 18.9. The Hall–Kier alpha value is -3.46. The Morgan fingerprint density at radius 3 is 2.48 bits per heavy atom. The Morgan fingerprint density at radius 2 is 1.79 bits per heavy atom. The van der Waals surface area contributed by atoms with Crippen molar-refractivity contribution in [2.45, 2.75) is 12.8 Å². The topological polar surface area (TPSA) is 104 Å². The Morgan fingerprint density at radius 1 is 1.03 bits per heavy atom. The van der Waals surface area contributed by atoms with Crippen LogP contribution in [-0.2, 0) is 14.3 Å². The smallest absolute Gasteiger partial charge is 0.255 e. The Labute approximate surface area is 167 Å². The van der Waals surface area contributed by atoms with Crippen LogP contribution in [0.25, 0.3) is 0 Å². The minimum absolute atomic E-state index is 0.168. The highest BCUT2D eigenvalue weighted by Crippen LogP contribution is 2.19. The lowest BCUT2D eigenvalue weighted by Crippen LogP contribution is -2.50. The molecule has 0 saturated carbocycles. The van der Waals surface area contributed by atoms with Crippen molar-refractivity contribution in [1.29, 1.82) is 0 Å². The normalized spacial score (nSPS) is 17.1. The molecule has 3 amide bonds. The van der Waals surface area contributed by atoms with E-state index in [1.807, 2.05) is 12.1 Å². The predicted molar refractivity (Wildman–Crippen MR) is 107 cm³/mol. The number of hydrogen-bond acceptors (Lipinski definition) is 6. The number of benzene rings is 1.